The Balaban J connectivity index is 1.90. The fourth-order valence-corrected chi connectivity index (χ4v) is 2.40. The number of rotatable bonds is 3. The van der Waals surface area contributed by atoms with Crippen molar-refractivity contribution in [1.29, 1.82) is 5.26 Å². The summed E-state index contributed by atoms with van der Waals surface area (Å²) in [6, 6.07) is 8.59. The summed E-state index contributed by atoms with van der Waals surface area (Å²) in [5.41, 5.74) is 1.16. The van der Waals surface area contributed by atoms with Crippen LogP contribution < -0.4 is 5.32 Å². The Hall–Kier alpha value is -2.00. The standard InChI is InChI=1S/C12H11N3O2S/c13-7-9-1-3-10(4-2-9)14-11(16)8-15-5-6-18-12(15)17/h1-4H,5-6,8H2,(H,14,16). The molecule has 5 nitrogen and oxygen atoms in total. The van der Waals surface area contributed by atoms with Crippen LogP contribution in [0.1, 0.15) is 5.56 Å². The molecule has 0 aliphatic carbocycles. The number of nitrogens with one attached hydrogen (secondary N) is 1. The number of anilines is 1. The van der Waals surface area contributed by atoms with E-state index >= 15 is 0 Å². The molecular formula is C12H11N3O2S. The lowest BCUT2D eigenvalue weighted by atomic mass is 10.2. The average Bonchev–Trinajstić information content (AvgIpc) is 2.76. The minimum Gasteiger partial charge on any atom is -0.325 e. The number of thioether (sulfide) groups is 1. The van der Waals surface area contributed by atoms with E-state index in [9.17, 15) is 9.59 Å². The summed E-state index contributed by atoms with van der Waals surface area (Å²) in [6.07, 6.45) is 0. The summed E-state index contributed by atoms with van der Waals surface area (Å²) >= 11 is 1.23. The summed E-state index contributed by atoms with van der Waals surface area (Å²) in [7, 11) is 0. The molecule has 0 bridgehead atoms. The third-order valence-electron chi connectivity index (χ3n) is 2.48. The van der Waals surface area contributed by atoms with Gasteiger partial charge < -0.3 is 10.2 Å². The molecule has 1 heterocycles. The summed E-state index contributed by atoms with van der Waals surface area (Å²) < 4.78 is 0. The van der Waals surface area contributed by atoms with Gasteiger partial charge in [0.25, 0.3) is 5.24 Å². The Labute approximate surface area is 109 Å². The van der Waals surface area contributed by atoms with Crippen LogP contribution in [0.3, 0.4) is 0 Å². The maximum atomic E-state index is 11.7. The molecule has 0 saturated carbocycles. The van der Waals surface area contributed by atoms with Crippen molar-refractivity contribution in [2.75, 3.05) is 24.2 Å². The van der Waals surface area contributed by atoms with Gasteiger partial charge in [-0.05, 0) is 24.3 Å². The number of amides is 2. The molecule has 0 spiro atoms. The van der Waals surface area contributed by atoms with E-state index in [2.05, 4.69) is 5.32 Å². The lowest BCUT2D eigenvalue weighted by Gasteiger charge is -2.13. The quantitative estimate of drug-likeness (QED) is 0.898. The molecular weight excluding hydrogens is 250 g/mol. The van der Waals surface area contributed by atoms with E-state index in [1.807, 2.05) is 6.07 Å². The van der Waals surface area contributed by atoms with Crippen molar-refractivity contribution < 1.29 is 9.59 Å². The smallest absolute Gasteiger partial charge is 0.282 e. The van der Waals surface area contributed by atoms with Crippen LogP contribution in [0.25, 0.3) is 0 Å². The molecule has 0 unspecified atom stereocenters. The van der Waals surface area contributed by atoms with Crippen LogP contribution in [-0.2, 0) is 4.79 Å². The number of benzene rings is 1. The van der Waals surface area contributed by atoms with E-state index in [1.54, 1.807) is 24.3 Å². The third-order valence-corrected chi connectivity index (χ3v) is 3.37. The molecule has 18 heavy (non-hydrogen) atoms. The summed E-state index contributed by atoms with van der Waals surface area (Å²) in [4.78, 5) is 24.5. The molecule has 0 radical (unpaired) electrons. The van der Waals surface area contributed by atoms with Crippen LogP contribution in [-0.4, -0.2) is 34.9 Å². The highest BCUT2D eigenvalue weighted by atomic mass is 32.2. The largest absolute Gasteiger partial charge is 0.325 e. The van der Waals surface area contributed by atoms with Crippen molar-refractivity contribution in [3.8, 4) is 6.07 Å². The first-order chi connectivity index (χ1) is 8.69. The van der Waals surface area contributed by atoms with Gasteiger partial charge >= 0.3 is 0 Å². The van der Waals surface area contributed by atoms with Gasteiger partial charge in [-0.25, -0.2) is 0 Å². The van der Waals surface area contributed by atoms with Crippen molar-refractivity contribution in [2.24, 2.45) is 0 Å². The van der Waals surface area contributed by atoms with Crippen LogP contribution in [0.2, 0.25) is 0 Å². The van der Waals surface area contributed by atoms with Gasteiger partial charge in [-0.1, -0.05) is 11.8 Å². The summed E-state index contributed by atoms with van der Waals surface area (Å²) in [5, 5.41) is 11.3. The van der Waals surface area contributed by atoms with Gasteiger partial charge in [0.1, 0.15) is 6.54 Å². The van der Waals surface area contributed by atoms with Crippen molar-refractivity contribution in [2.45, 2.75) is 0 Å². The van der Waals surface area contributed by atoms with Crippen LogP contribution >= 0.6 is 11.8 Å². The van der Waals surface area contributed by atoms with Gasteiger partial charge in [0.2, 0.25) is 5.91 Å². The molecule has 1 fully saturated rings. The van der Waals surface area contributed by atoms with Gasteiger partial charge in [-0.15, -0.1) is 0 Å². The second-order valence-electron chi connectivity index (χ2n) is 3.77. The van der Waals surface area contributed by atoms with E-state index in [4.69, 9.17) is 5.26 Å². The van der Waals surface area contributed by atoms with Crippen LogP contribution in [0.15, 0.2) is 24.3 Å². The maximum absolute atomic E-state index is 11.7. The fourth-order valence-electron chi connectivity index (χ4n) is 1.57. The first-order valence-electron chi connectivity index (χ1n) is 5.41. The molecule has 1 aliphatic heterocycles. The molecule has 2 rings (SSSR count). The molecule has 1 aromatic carbocycles. The lowest BCUT2D eigenvalue weighted by molar-refractivity contribution is -0.116. The molecule has 2 amide bonds. The van der Waals surface area contributed by atoms with Crippen LogP contribution in [0, 0.1) is 11.3 Å². The minimum absolute atomic E-state index is 0.0509. The Morgan fingerprint density at radius 3 is 2.72 bits per heavy atom. The zero-order valence-corrected chi connectivity index (χ0v) is 10.4. The molecule has 92 valence electrons. The van der Waals surface area contributed by atoms with E-state index in [0.29, 0.717) is 17.8 Å². The van der Waals surface area contributed by atoms with Crippen molar-refractivity contribution in [1.82, 2.24) is 4.90 Å². The molecule has 1 aliphatic rings. The molecule has 1 saturated heterocycles. The predicted molar refractivity (Wildman–Crippen MR) is 69.2 cm³/mol. The number of nitrogens with zero attached hydrogens (tertiary/aromatic N) is 2. The zero-order chi connectivity index (χ0) is 13.0. The monoisotopic (exact) mass is 261 g/mol. The topological polar surface area (TPSA) is 73.2 Å². The number of hydrogen-bond acceptors (Lipinski definition) is 4. The Kier molecular flexibility index (Phi) is 3.85. The average molecular weight is 261 g/mol. The van der Waals surface area contributed by atoms with Crippen molar-refractivity contribution in [3.05, 3.63) is 29.8 Å². The molecule has 6 heteroatoms. The molecule has 0 aromatic heterocycles. The third kappa shape index (κ3) is 3.02. The highest BCUT2D eigenvalue weighted by Gasteiger charge is 2.23. The van der Waals surface area contributed by atoms with E-state index in [1.165, 1.54) is 16.7 Å². The van der Waals surface area contributed by atoms with Crippen molar-refractivity contribution >= 4 is 28.6 Å². The first-order valence-corrected chi connectivity index (χ1v) is 6.39. The molecule has 1 N–H and O–H groups in total. The zero-order valence-electron chi connectivity index (χ0n) is 9.55. The van der Waals surface area contributed by atoms with Gasteiger partial charge in [0, 0.05) is 18.0 Å². The van der Waals surface area contributed by atoms with Gasteiger partial charge in [-0.3, -0.25) is 9.59 Å². The SMILES string of the molecule is N#Cc1ccc(NC(=O)CN2CCSC2=O)cc1. The van der Waals surface area contributed by atoms with Crippen molar-refractivity contribution in [3.63, 3.8) is 0 Å². The molecule has 0 atom stereocenters. The number of hydrogen-bond donors (Lipinski definition) is 1. The van der Waals surface area contributed by atoms with Crippen LogP contribution in [0.5, 0.6) is 0 Å². The van der Waals surface area contributed by atoms with Crippen LogP contribution in [0.4, 0.5) is 10.5 Å². The summed E-state index contributed by atoms with van der Waals surface area (Å²) in [6.45, 7) is 0.691. The van der Waals surface area contributed by atoms with E-state index in [0.717, 1.165) is 5.75 Å². The lowest BCUT2D eigenvalue weighted by Crippen LogP contribution is -2.33. The Bertz CT molecular complexity index is 507. The predicted octanol–water partition coefficient (Wildman–Crippen LogP) is 1.67. The molecule has 1 aromatic rings. The normalized spacial score (nSPS) is 14.4. The minimum atomic E-state index is -0.226. The van der Waals surface area contributed by atoms with Gasteiger partial charge in [0.15, 0.2) is 0 Å². The van der Waals surface area contributed by atoms with E-state index in [-0.39, 0.29) is 17.7 Å². The van der Waals surface area contributed by atoms with Gasteiger partial charge in [0.05, 0.1) is 11.6 Å². The van der Waals surface area contributed by atoms with E-state index < -0.39 is 0 Å². The summed E-state index contributed by atoms with van der Waals surface area (Å²) in [5.74, 6) is 0.513. The van der Waals surface area contributed by atoms with Gasteiger partial charge in [-0.2, -0.15) is 5.26 Å². The first kappa shape index (κ1) is 12.5. The fraction of sp³-hybridized carbons (Fsp3) is 0.250. The Morgan fingerprint density at radius 2 is 2.17 bits per heavy atom. The Morgan fingerprint density at radius 1 is 1.44 bits per heavy atom. The second-order valence-corrected chi connectivity index (χ2v) is 4.82. The maximum Gasteiger partial charge on any atom is 0.282 e. The number of nitriles is 1. The number of carbonyl (C=O) groups excluding carboxylic acids is 2. The highest BCUT2D eigenvalue weighted by molar-refractivity contribution is 8.13. The second kappa shape index (κ2) is 5.56. The number of carbonyl (C=O) groups is 2. The highest BCUT2D eigenvalue weighted by Crippen LogP contribution is 2.17.